The predicted octanol–water partition coefficient (Wildman–Crippen LogP) is 2.91. The molecule has 2 rings (SSSR count). The van der Waals surface area contributed by atoms with Crippen LogP contribution in [0.5, 0.6) is 5.88 Å². The molecule has 0 amide bonds. The van der Waals surface area contributed by atoms with Gasteiger partial charge in [0, 0.05) is 11.6 Å². The molecule has 0 bridgehead atoms. The SMILES string of the molecule is CCOc1cccc(CC(=O)c2ccccc2)n1. The highest BCUT2D eigenvalue weighted by molar-refractivity contribution is 5.97. The van der Waals surface area contributed by atoms with Crippen molar-refractivity contribution in [1.29, 1.82) is 0 Å². The highest BCUT2D eigenvalue weighted by Crippen LogP contribution is 2.10. The molecule has 3 heteroatoms. The summed E-state index contributed by atoms with van der Waals surface area (Å²) in [5.41, 5.74) is 1.44. The van der Waals surface area contributed by atoms with Crippen molar-refractivity contribution in [2.45, 2.75) is 13.3 Å². The summed E-state index contributed by atoms with van der Waals surface area (Å²) < 4.78 is 5.31. The Balaban J connectivity index is 2.10. The molecule has 1 heterocycles. The van der Waals surface area contributed by atoms with E-state index in [1.54, 1.807) is 6.07 Å². The summed E-state index contributed by atoms with van der Waals surface area (Å²) in [6, 6.07) is 14.7. The molecular formula is C15H15NO2. The van der Waals surface area contributed by atoms with E-state index in [-0.39, 0.29) is 5.78 Å². The molecule has 0 saturated heterocycles. The lowest BCUT2D eigenvalue weighted by Gasteiger charge is -2.04. The molecule has 1 aromatic heterocycles. The second-order valence-corrected chi connectivity index (χ2v) is 3.87. The lowest BCUT2D eigenvalue weighted by molar-refractivity contribution is 0.0992. The van der Waals surface area contributed by atoms with E-state index in [4.69, 9.17) is 4.74 Å². The van der Waals surface area contributed by atoms with Gasteiger partial charge < -0.3 is 4.74 Å². The Morgan fingerprint density at radius 1 is 1.11 bits per heavy atom. The standard InChI is InChI=1S/C15H15NO2/c1-2-18-15-10-6-9-13(16-15)11-14(17)12-7-4-3-5-8-12/h3-10H,2,11H2,1H3. The van der Waals surface area contributed by atoms with Gasteiger partial charge in [-0.2, -0.15) is 0 Å². The van der Waals surface area contributed by atoms with Gasteiger partial charge in [0.2, 0.25) is 5.88 Å². The largest absolute Gasteiger partial charge is 0.478 e. The van der Waals surface area contributed by atoms with E-state index in [2.05, 4.69) is 4.98 Å². The van der Waals surface area contributed by atoms with Gasteiger partial charge in [-0.15, -0.1) is 0 Å². The van der Waals surface area contributed by atoms with Crippen LogP contribution in [0.2, 0.25) is 0 Å². The Morgan fingerprint density at radius 3 is 2.61 bits per heavy atom. The monoisotopic (exact) mass is 241 g/mol. The Hall–Kier alpha value is -2.16. The Labute approximate surface area is 106 Å². The highest BCUT2D eigenvalue weighted by atomic mass is 16.5. The molecule has 3 nitrogen and oxygen atoms in total. The molecule has 0 aliphatic heterocycles. The van der Waals surface area contributed by atoms with Crippen LogP contribution in [0.3, 0.4) is 0 Å². The average molecular weight is 241 g/mol. The number of aromatic nitrogens is 1. The molecule has 0 saturated carbocycles. The van der Waals surface area contributed by atoms with Crippen LogP contribution < -0.4 is 4.74 Å². The summed E-state index contributed by atoms with van der Waals surface area (Å²) in [7, 11) is 0. The van der Waals surface area contributed by atoms with E-state index in [1.807, 2.05) is 49.4 Å². The maximum atomic E-state index is 12.0. The number of hydrogen-bond donors (Lipinski definition) is 0. The number of ketones is 1. The van der Waals surface area contributed by atoms with E-state index in [0.717, 1.165) is 5.69 Å². The van der Waals surface area contributed by atoms with Gasteiger partial charge in [-0.1, -0.05) is 36.4 Å². The molecule has 0 radical (unpaired) electrons. The van der Waals surface area contributed by atoms with Gasteiger partial charge in [0.05, 0.1) is 18.7 Å². The minimum absolute atomic E-state index is 0.0664. The minimum Gasteiger partial charge on any atom is -0.478 e. The lowest BCUT2D eigenvalue weighted by Crippen LogP contribution is -2.05. The van der Waals surface area contributed by atoms with Crippen molar-refractivity contribution < 1.29 is 9.53 Å². The second-order valence-electron chi connectivity index (χ2n) is 3.87. The molecule has 0 N–H and O–H groups in total. The van der Waals surface area contributed by atoms with Gasteiger partial charge in [0.25, 0.3) is 0 Å². The molecule has 0 spiro atoms. The number of nitrogens with zero attached hydrogens (tertiary/aromatic N) is 1. The topological polar surface area (TPSA) is 39.2 Å². The zero-order valence-corrected chi connectivity index (χ0v) is 10.3. The van der Waals surface area contributed by atoms with Crippen molar-refractivity contribution in [2.75, 3.05) is 6.61 Å². The molecule has 0 unspecified atom stereocenters. The second kappa shape index (κ2) is 5.96. The highest BCUT2D eigenvalue weighted by Gasteiger charge is 2.08. The molecule has 0 atom stereocenters. The number of carbonyl (C=O) groups is 1. The van der Waals surface area contributed by atoms with Crippen molar-refractivity contribution in [3.8, 4) is 5.88 Å². The van der Waals surface area contributed by atoms with Gasteiger partial charge >= 0.3 is 0 Å². The Morgan fingerprint density at radius 2 is 1.89 bits per heavy atom. The average Bonchev–Trinajstić information content (AvgIpc) is 2.40. The van der Waals surface area contributed by atoms with Crippen molar-refractivity contribution in [2.24, 2.45) is 0 Å². The molecule has 2 aromatic rings. The number of hydrogen-bond acceptors (Lipinski definition) is 3. The van der Waals surface area contributed by atoms with Crippen LogP contribution in [0, 0.1) is 0 Å². The van der Waals surface area contributed by atoms with Gasteiger partial charge in [0.15, 0.2) is 5.78 Å². The zero-order valence-electron chi connectivity index (χ0n) is 10.3. The molecule has 1 aromatic carbocycles. The third kappa shape index (κ3) is 3.17. The summed E-state index contributed by atoms with van der Waals surface area (Å²) in [5, 5.41) is 0. The van der Waals surface area contributed by atoms with Crippen molar-refractivity contribution in [3.05, 3.63) is 59.8 Å². The fourth-order valence-corrected chi connectivity index (χ4v) is 1.67. The Bertz CT molecular complexity index is 523. The van der Waals surface area contributed by atoms with Crippen LogP contribution in [-0.2, 0) is 6.42 Å². The number of ether oxygens (including phenoxy) is 1. The number of rotatable bonds is 5. The van der Waals surface area contributed by atoms with Gasteiger partial charge in [0.1, 0.15) is 0 Å². The summed E-state index contributed by atoms with van der Waals surface area (Å²) >= 11 is 0. The van der Waals surface area contributed by atoms with Crippen molar-refractivity contribution >= 4 is 5.78 Å². The lowest BCUT2D eigenvalue weighted by atomic mass is 10.1. The summed E-state index contributed by atoms with van der Waals surface area (Å²) in [6.07, 6.45) is 0.297. The van der Waals surface area contributed by atoms with E-state index in [0.29, 0.717) is 24.5 Å². The van der Waals surface area contributed by atoms with Gasteiger partial charge in [-0.25, -0.2) is 4.98 Å². The summed E-state index contributed by atoms with van der Waals surface area (Å²) in [6.45, 7) is 2.48. The normalized spacial score (nSPS) is 10.1. The number of pyridine rings is 1. The first-order valence-electron chi connectivity index (χ1n) is 5.96. The Kier molecular flexibility index (Phi) is 4.07. The number of carbonyl (C=O) groups excluding carboxylic acids is 1. The number of Topliss-reactive ketones (excluding diaryl/α,β-unsaturated/α-hetero) is 1. The first kappa shape index (κ1) is 12.3. The zero-order chi connectivity index (χ0) is 12.8. The third-order valence-corrected chi connectivity index (χ3v) is 2.51. The van der Waals surface area contributed by atoms with Crippen LogP contribution in [0.15, 0.2) is 48.5 Å². The fourth-order valence-electron chi connectivity index (χ4n) is 1.67. The molecule has 0 aliphatic rings. The van der Waals surface area contributed by atoms with Crippen LogP contribution in [0.25, 0.3) is 0 Å². The summed E-state index contributed by atoms with van der Waals surface area (Å²) in [5.74, 6) is 0.632. The molecule has 0 fully saturated rings. The van der Waals surface area contributed by atoms with Crippen LogP contribution >= 0.6 is 0 Å². The smallest absolute Gasteiger partial charge is 0.213 e. The fraction of sp³-hybridized carbons (Fsp3) is 0.200. The number of benzene rings is 1. The van der Waals surface area contributed by atoms with E-state index in [9.17, 15) is 4.79 Å². The molecular weight excluding hydrogens is 226 g/mol. The summed E-state index contributed by atoms with van der Waals surface area (Å²) in [4.78, 5) is 16.3. The predicted molar refractivity (Wildman–Crippen MR) is 69.9 cm³/mol. The van der Waals surface area contributed by atoms with Crippen molar-refractivity contribution in [1.82, 2.24) is 4.98 Å². The quantitative estimate of drug-likeness (QED) is 0.755. The van der Waals surface area contributed by atoms with E-state index < -0.39 is 0 Å². The van der Waals surface area contributed by atoms with Gasteiger partial charge in [-0.05, 0) is 13.0 Å². The van der Waals surface area contributed by atoms with Crippen LogP contribution in [0.4, 0.5) is 0 Å². The maximum Gasteiger partial charge on any atom is 0.213 e. The van der Waals surface area contributed by atoms with Crippen molar-refractivity contribution in [3.63, 3.8) is 0 Å². The first-order chi connectivity index (χ1) is 8.79. The maximum absolute atomic E-state index is 12.0. The van der Waals surface area contributed by atoms with E-state index in [1.165, 1.54) is 0 Å². The third-order valence-electron chi connectivity index (χ3n) is 2.51. The minimum atomic E-state index is 0.0664. The van der Waals surface area contributed by atoms with E-state index >= 15 is 0 Å². The molecule has 0 aliphatic carbocycles. The van der Waals surface area contributed by atoms with Crippen LogP contribution in [0.1, 0.15) is 23.0 Å². The van der Waals surface area contributed by atoms with Gasteiger partial charge in [-0.3, -0.25) is 4.79 Å². The molecule has 18 heavy (non-hydrogen) atoms. The molecule has 92 valence electrons. The van der Waals surface area contributed by atoms with Crippen LogP contribution in [-0.4, -0.2) is 17.4 Å². The first-order valence-corrected chi connectivity index (χ1v) is 5.96.